The third-order valence-corrected chi connectivity index (χ3v) is 1.71. The summed E-state index contributed by atoms with van der Waals surface area (Å²) in [7, 11) is 0. The largest absolute Gasteiger partial charge is 0.480 e. The zero-order valence-electron chi connectivity index (χ0n) is 6.90. The van der Waals surface area contributed by atoms with Crippen molar-refractivity contribution in [1.82, 2.24) is 5.54 Å². The highest BCUT2D eigenvalue weighted by Crippen LogP contribution is 2.03. The summed E-state index contributed by atoms with van der Waals surface area (Å²) in [5, 5.41) is 8.53. The number of nitrogens with one attached hydrogen (secondary N) is 1. The number of carbonyl (C=O) groups is 1. The lowest BCUT2D eigenvalue weighted by atomic mass is 10.1. The van der Waals surface area contributed by atoms with Gasteiger partial charge in [0.2, 0.25) is 0 Å². The molecule has 0 bridgehead atoms. The van der Waals surface area contributed by atoms with Gasteiger partial charge in [-0.15, -0.1) is 10.0 Å². The van der Waals surface area contributed by atoms with Gasteiger partial charge in [0, 0.05) is 6.42 Å². The summed E-state index contributed by atoms with van der Waals surface area (Å²) in [5.41, 5.74) is 2.04. The first-order valence-corrected chi connectivity index (χ1v) is 3.87. The van der Waals surface area contributed by atoms with Gasteiger partial charge in [0.25, 0.3) is 0 Å². The fourth-order valence-electron chi connectivity index (χ4n) is 1.02. The van der Waals surface area contributed by atoms with E-state index in [9.17, 15) is 9.28 Å². The van der Waals surface area contributed by atoms with Gasteiger partial charge in [0.05, 0.1) is 0 Å². The number of benzene rings is 1. The van der Waals surface area contributed by atoms with E-state index in [0.29, 0.717) is 0 Å². The Morgan fingerprint density at radius 1 is 1.46 bits per heavy atom. The minimum Gasteiger partial charge on any atom is -0.480 e. The van der Waals surface area contributed by atoms with Crippen molar-refractivity contribution in [3.63, 3.8) is 0 Å². The van der Waals surface area contributed by atoms with E-state index in [-0.39, 0.29) is 6.42 Å². The summed E-state index contributed by atoms with van der Waals surface area (Å²) in [6.45, 7) is 0. The molecule has 13 heavy (non-hydrogen) atoms. The minimum absolute atomic E-state index is 0.146. The molecule has 4 heteroatoms. The van der Waals surface area contributed by atoms with Gasteiger partial charge in [-0.1, -0.05) is 30.3 Å². The molecule has 0 aliphatic carbocycles. The van der Waals surface area contributed by atoms with Crippen LogP contribution in [0.4, 0.5) is 4.48 Å². The van der Waals surface area contributed by atoms with Crippen molar-refractivity contribution in [2.75, 3.05) is 0 Å². The van der Waals surface area contributed by atoms with Gasteiger partial charge >= 0.3 is 5.97 Å². The molecule has 3 nitrogen and oxygen atoms in total. The molecular weight excluding hydrogens is 173 g/mol. The molecule has 0 aromatic heterocycles. The predicted molar refractivity (Wildman–Crippen MR) is 45.8 cm³/mol. The Morgan fingerprint density at radius 3 is 2.54 bits per heavy atom. The van der Waals surface area contributed by atoms with Gasteiger partial charge in [-0.3, -0.25) is 4.79 Å². The highest BCUT2D eigenvalue weighted by atomic mass is 19.2. The number of hydrogen-bond acceptors (Lipinski definition) is 2. The second-order valence-corrected chi connectivity index (χ2v) is 2.69. The van der Waals surface area contributed by atoms with Gasteiger partial charge in [0.15, 0.2) is 0 Å². The van der Waals surface area contributed by atoms with E-state index < -0.39 is 12.0 Å². The third kappa shape index (κ3) is 2.83. The van der Waals surface area contributed by atoms with E-state index in [1.54, 1.807) is 24.3 Å². The van der Waals surface area contributed by atoms with Crippen molar-refractivity contribution >= 4 is 5.97 Å². The summed E-state index contributed by atoms with van der Waals surface area (Å²) < 4.78 is 12.0. The monoisotopic (exact) mass is 183 g/mol. The van der Waals surface area contributed by atoms with Crippen LogP contribution >= 0.6 is 0 Å². The van der Waals surface area contributed by atoms with Gasteiger partial charge in [-0.05, 0) is 5.56 Å². The molecule has 0 radical (unpaired) electrons. The van der Waals surface area contributed by atoms with E-state index >= 15 is 0 Å². The molecule has 1 aromatic carbocycles. The molecule has 0 saturated heterocycles. The Morgan fingerprint density at radius 2 is 2.08 bits per heavy atom. The number of rotatable bonds is 4. The quantitative estimate of drug-likeness (QED) is 0.688. The van der Waals surface area contributed by atoms with Crippen molar-refractivity contribution in [2.45, 2.75) is 12.5 Å². The summed E-state index contributed by atoms with van der Waals surface area (Å²) in [6.07, 6.45) is 0.146. The summed E-state index contributed by atoms with van der Waals surface area (Å²) >= 11 is 0. The summed E-state index contributed by atoms with van der Waals surface area (Å²) in [6, 6.07) is 7.74. The van der Waals surface area contributed by atoms with Crippen LogP contribution in [0.5, 0.6) is 0 Å². The Balaban J connectivity index is 2.62. The summed E-state index contributed by atoms with van der Waals surface area (Å²) in [5.74, 6) is -1.19. The van der Waals surface area contributed by atoms with Crippen LogP contribution in [0.2, 0.25) is 0 Å². The van der Waals surface area contributed by atoms with Gasteiger partial charge in [-0.25, -0.2) is 0 Å². The first kappa shape index (κ1) is 9.67. The van der Waals surface area contributed by atoms with E-state index in [0.717, 1.165) is 5.56 Å². The first-order valence-electron chi connectivity index (χ1n) is 3.87. The molecule has 1 aromatic rings. The van der Waals surface area contributed by atoms with Gasteiger partial charge in [0.1, 0.15) is 6.04 Å². The van der Waals surface area contributed by atoms with Gasteiger partial charge < -0.3 is 5.11 Å². The molecule has 70 valence electrons. The van der Waals surface area contributed by atoms with Crippen LogP contribution < -0.4 is 5.54 Å². The van der Waals surface area contributed by atoms with Crippen LogP contribution in [-0.2, 0) is 11.2 Å². The van der Waals surface area contributed by atoms with Crippen molar-refractivity contribution in [3.8, 4) is 0 Å². The van der Waals surface area contributed by atoms with Crippen LogP contribution in [0.3, 0.4) is 0 Å². The van der Waals surface area contributed by atoms with Gasteiger partial charge in [-0.2, -0.15) is 0 Å². The molecule has 0 aliphatic rings. The molecule has 1 atom stereocenters. The SMILES string of the molecule is O=C(O)[C@@H](Cc1ccccc1)NF. The maximum absolute atomic E-state index is 12.0. The Kier molecular flexibility index (Phi) is 3.40. The molecule has 0 fully saturated rings. The lowest BCUT2D eigenvalue weighted by Crippen LogP contribution is -2.33. The molecule has 1 rings (SSSR count). The zero-order valence-corrected chi connectivity index (χ0v) is 6.90. The molecule has 0 saturated carbocycles. The van der Waals surface area contributed by atoms with Crippen molar-refractivity contribution < 1.29 is 14.4 Å². The molecule has 0 amide bonds. The maximum Gasteiger partial charge on any atom is 0.323 e. The molecule has 0 unspecified atom stereocenters. The smallest absolute Gasteiger partial charge is 0.323 e. The highest BCUT2D eigenvalue weighted by Gasteiger charge is 2.16. The van der Waals surface area contributed by atoms with E-state index in [2.05, 4.69) is 0 Å². The van der Waals surface area contributed by atoms with Crippen LogP contribution in [0.1, 0.15) is 5.56 Å². The average molecular weight is 183 g/mol. The third-order valence-electron chi connectivity index (χ3n) is 1.71. The summed E-state index contributed by atoms with van der Waals surface area (Å²) in [4.78, 5) is 10.4. The molecular formula is C9H10FNO2. The average Bonchev–Trinajstić information content (AvgIpc) is 2.15. The maximum atomic E-state index is 12.0. The Hall–Kier alpha value is -1.42. The van der Waals surface area contributed by atoms with Crippen molar-refractivity contribution in [2.24, 2.45) is 0 Å². The zero-order chi connectivity index (χ0) is 9.68. The second kappa shape index (κ2) is 4.57. The van der Waals surface area contributed by atoms with Crippen LogP contribution in [-0.4, -0.2) is 17.1 Å². The topological polar surface area (TPSA) is 49.3 Å². The van der Waals surface area contributed by atoms with Crippen LogP contribution in [0.15, 0.2) is 30.3 Å². The lowest BCUT2D eigenvalue weighted by molar-refractivity contribution is -0.140. The van der Waals surface area contributed by atoms with Crippen LogP contribution in [0, 0.1) is 0 Å². The second-order valence-electron chi connectivity index (χ2n) is 2.69. The van der Waals surface area contributed by atoms with E-state index in [1.165, 1.54) is 5.54 Å². The Bertz CT molecular complexity index is 276. The number of aliphatic carboxylic acids is 1. The standard InChI is InChI=1S/C9H10FNO2/c10-11-8(9(12)13)6-7-4-2-1-3-5-7/h1-5,8,11H,6H2,(H,12,13)/t8-/m1/s1. The highest BCUT2D eigenvalue weighted by molar-refractivity contribution is 5.73. The fourth-order valence-corrected chi connectivity index (χ4v) is 1.02. The lowest BCUT2D eigenvalue weighted by Gasteiger charge is -2.07. The molecule has 0 heterocycles. The van der Waals surface area contributed by atoms with Crippen molar-refractivity contribution in [3.05, 3.63) is 35.9 Å². The number of hydrogen-bond donors (Lipinski definition) is 2. The predicted octanol–water partition coefficient (Wildman–Crippen LogP) is 1.16. The molecule has 2 N–H and O–H groups in total. The Labute approximate surface area is 75.1 Å². The van der Waals surface area contributed by atoms with Crippen molar-refractivity contribution in [1.29, 1.82) is 0 Å². The molecule has 0 spiro atoms. The fraction of sp³-hybridized carbons (Fsp3) is 0.222. The number of carboxylic acids is 1. The normalized spacial score (nSPS) is 12.4. The van der Waals surface area contributed by atoms with E-state index in [4.69, 9.17) is 5.11 Å². The van der Waals surface area contributed by atoms with Crippen LogP contribution in [0.25, 0.3) is 0 Å². The minimum atomic E-state index is -1.19. The van der Waals surface area contributed by atoms with E-state index in [1.807, 2.05) is 6.07 Å². The number of halogens is 1. The number of carboxylic acid groups (broad SMARTS) is 1. The first-order chi connectivity index (χ1) is 6.24. The molecule has 0 aliphatic heterocycles.